The highest BCUT2D eigenvalue weighted by molar-refractivity contribution is 9.10. The first kappa shape index (κ1) is 12.4. The van der Waals surface area contributed by atoms with Crippen LogP contribution in [0, 0.1) is 0 Å². The van der Waals surface area contributed by atoms with E-state index in [0.717, 1.165) is 10.2 Å². The van der Waals surface area contributed by atoms with Crippen molar-refractivity contribution in [3.8, 4) is 0 Å². The molecule has 0 radical (unpaired) electrons. The van der Waals surface area contributed by atoms with Crippen molar-refractivity contribution in [2.75, 3.05) is 11.7 Å². The summed E-state index contributed by atoms with van der Waals surface area (Å²) >= 11 is 4.80. The molecule has 6 heteroatoms. The Bertz CT molecular complexity index is 626. The zero-order valence-corrected chi connectivity index (χ0v) is 12.3. The van der Waals surface area contributed by atoms with E-state index in [2.05, 4.69) is 21.0 Å². The number of rotatable bonds is 2. The van der Waals surface area contributed by atoms with Crippen LogP contribution in [-0.2, 0) is 0 Å². The molecule has 0 bridgehead atoms. The summed E-state index contributed by atoms with van der Waals surface area (Å²) in [6, 6.07) is 11.7. The van der Waals surface area contributed by atoms with Gasteiger partial charge in [-0.1, -0.05) is 18.2 Å². The maximum atomic E-state index is 12.3. The molecule has 0 unspecified atom stereocenters. The number of hydrazone groups is 1. The van der Waals surface area contributed by atoms with Crippen molar-refractivity contribution in [2.24, 2.45) is 5.10 Å². The van der Waals surface area contributed by atoms with Gasteiger partial charge in [0.25, 0.3) is 5.91 Å². The van der Waals surface area contributed by atoms with Crippen LogP contribution in [0.25, 0.3) is 0 Å². The Morgan fingerprint density at radius 2 is 2.05 bits per heavy atom. The van der Waals surface area contributed by atoms with E-state index >= 15 is 0 Å². The van der Waals surface area contributed by atoms with Gasteiger partial charge < -0.3 is 0 Å². The minimum Gasteiger partial charge on any atom is -0.276 e. The fourth-order valence-electron chi connectivity index (χ4n) is 1.78. The lowest BCUT2D eigenvalue weighted by molar-refractivity contribution is 0.0864. The number of benzene rings is 1. The number of carbonyl (C=O) groups excluding carboxylic acids is 1. The van der Waals surface area contributed by atoms with Gasteiger partial charge in [-0.25, -0.2) is 5.01 Å². The molecule has 2 heterocycles. The molecule has 3 rings (SSSR count). The van der Waals surface area contributed by atoms with E-state index in [-0.39, 0.29) is 5.91 Å². The number of halogens is 1. The van der Waals surface area contributed by atoms with Gasteiger partial charge in [0.05, 0.1) is 5.69 Å². The molecule has 2 aromatic rings. The van der Waals surface area contributed by atoms with Crippen molar-refractivity contribution < 1.29 is 4.79 Å². The third-order valence-electron chi connectivity index (χ3n) is 2.74. The lowest BCUT2D eigenvalue weighted by Crippen LogP contribution is -2.31. The van der Waals surface area contributed by atoms with Crippen LogP contribution in [0.4, 0.5) is 5.69 Å². The monoisotopic (exact) mass is 335 g/mol. The Morgan fingerprint density at radius 3 is 2.74 bits per heavy atom. The Balaban J connectivity index is 1.76. The van der Waals surface area contributed by atoms with E-state index in [1.165, 1.54) is 11.3 Å². The summed E-state index contributed by atoms with van der Waals surface area (Å²) in [7, 11) is 0. The first-order chi connectivity index (χ1) is 9.25. The number of amides is 1. The number of nitrogens with zero attached hydrogens (tertiary/aromatic N) is 3. The molecule has 0 fully saturated rings. The summed E-state index contributed by atoms with van der Waals surface area (Å²) in [5.41, 5.74) is 0.972. The molecule has 4 nitrogen and oxygen atoms in total. The van der Waals surface area contributed by atoms with Crippen molar-refractivity contribution in [2.45, 2.75) is 0 Å². The van der Waals surface area contributed by atoms with Crippen LogP contribution in [0.5, 0.6) is 0 Å². The van der Waals surface area contributed by atoms with E-state index in [0.29, 0.717) is 11.5 Å². The van der Waals surface area contributed by atoms with Crippen LogP contribution in [0.15, 0.2) is 51.4 Å². The molecule has 0 N–H and O–H groups in total. The molecule has 0 saturated carbocycles. The van der Waals surface area contributed by atoms with Crippen molar-refractivity contribution >= 4 is 45.2 Å². The quantitative estimate of drug-likeness (QED) is 0.843. The van der Waals surface area contributed by atoms with Crippen molar-refractivity contribution in [1.82, 2.24) is 4.90 Å². The summed E-state index contributed by atoms with van der Waals surface area (Å²) in [5.74, 6) is -0.0379. The average Bonchev–Trinajstić information content (AvgIpc) is 3.08. The van der Waals surface area contributed by atoms with Gasteiger partial charge in [0.15, 0.2) is 0 Å². The maximum Gasteiger partial charge on any atom is 0.271 e. The molecule has 1 aromatic carbocycles. The second kappa shape index (κ2) is 5.14. The lowest BCUT2D eigenvalue weighted by Gasteiger charge is -2.17. The van der Waals surface area contributed by atoms with E-state index in [1.54, 1.807) is 16.2 Å². The van der Waals surface area contributed by atoms with Crippen LogP contribution in [-0.4, -0.2) is 23.8 Å². The van der Waals surface area contributed by atoms with Gasteiger partial charge in [-0.15, -0.1) is 11.3 Å². The first-order valence-corrected chi connectivity index (χ1v) is 7.33. The molecule has 1 amide bonds. The minimum absolute atomic E-state index is 0.0379. The number of para-hydroxylation sites is 1. The molecular formula is C13H10BrN3OS. The zero-order chi connectivity index (χ0) is 13.2. The van der Waals surface area contributed by atoms with Gasteiger partial charge in [-0.05, 0) is 39.5 Å². The number of hydrogen-bond acceptors (Lipinski definition) is 4. The second-order valence-corrected chi connectivity index (χ2v) is 5.75. The number of carbonyl (C=O) groups is 1. The largest absolute Gasteiger partial charge is 0.276 e. The smallest absolute Gasteiger partial charge is 0.271 e. The Kier molecular flexibility index (Phi) is 3.35. The standard InChI is InChI=1S/C13H10BrN3OS/c14-11-6-7-19-12(11)13(18)16-8-15-17(9-16)10-4-2-1-3-5-10/h1-8H,9H2. The van der Waals surface area contributed by atoms with Crippen molar-refractivity contribution in [1.29, 1.82) is 0 Å². The molecule has 96 valence electrons. The third-order valence-corrected chi connectivity index (χ3v) is 4.57. The molecule has 0 aliphatic carbocycles. The van der Waals surface area contributed by atoms with Crippen LogP contribution in [0.3, 0.4) is 0 Å². The average molecular weight is 336 g/mol. The molecule has 1 aliphatic rings. The van der Waals surface area contributed by atoms with E-state index in [9.17, 15) is 4.79 Å². The fraction of sp³-hybridized carbons (Fsp3) is 0.0769. The number of anilines is 1. The highest BCUT2D eigenvalue weighted by atomic mass is 79.9. The van der Waals surface area contributed by atoms with Crippen molar-refractivity contribution in [3.63, 3.8) is 0 Å². The number of hydrogen-bond donors (Lipinski definition) is 0. The molecule has 0 atom stereocenters. The maximum absolute atomic E-state index is 12.3. The highest BCUT2D eigenvalue weighted by Crippen LogP contribution is 2.25. The summed E-state index contributed by atoms with van der Waals surface area (Å²) in [6.45, 7) is 0.438. The highest BCUT2D eigenvalue weighted by Gasteiger charge is 2.24. The van der Waals surface area contributed by atoms with Gasteiger partial charge in [-0.2, -0.15) is 5.10 Å². The normalized spacial score (nSPS) is 14.2. The van der Waals surface area contributed by atoms with E-state index in [1.807, 2.05) is 41.8 Å². The topological polar surface area (TPSA) is 35.9 Å². The van der Waals surface area contributed by atoms with Crippen LogP contribution >= 0.6 is 27.3 Å². The summed E-state index contributed by atoms with van der Waals surface area (Å²) < 4.78 is 0.828. The third kappa shape index (κ3) is 2.41. The molecule has 1 aliphatic heterocycles. The van der Waals surface area contributed by atoms with E-state index < -0.39 is 0 Å². The SMILES string of the molecule is O=C(c1sccc1Br)N1C=NN(c2ccccc2)C1. The zero-order valence-electron chi connectivity index (χ0n) is 9.86. The summed E-state index contributed by atoms with van der Waals surface area (Å²) in [5, 5.41) is 7.93. The molecule has 1 aromatic heterocycles. The Hall–Kier alpha value is -1.66. The lowest BCUT2D eigenvalue weighted by atomic mass is 10.3. The van der Waals surface area contributed by atoms with Gasteiger partial charge in [0.1, 0.15) is 17.9 Å². The predicted molar refractivity (Wildman–Crippen MR) is 80.5 cm³/mol. The molecule has 0 spiro atoms. The van der Waals surface area contributed by atoms with Crippen molar-refractivity contribution in [3.05, 3.63) is 51.1 Å². The Morgan fingerprint density at radius 1 is 1.26 bits per heavy atom. The second-order valence-electron chi connectivity index (χ2n) is 3.98. The molecule has 0 saturated heterocycles. The summed E-state index contributed by atoms with van der Waals surface area (Å²) in [4.78, 5) is 14.6. The van der Waals surface area contributed by atoms with Crippen LogP contribution < -0.4 is 5.01 Å². The van der Waals surface area contributed by atoms with Gasteiger partial charge >= 0.3 is 0 Å². The predicted octanol–water partition coefficient (Wildman–Crippen LogP) is 3.37. The Labute approximate surface area is 123 Å². The van der Waals surface area contributed by atoms with Gasteiger partial charge in [-0.3, -0.25) is 9.69 Å². The van der Waals surface area contributed by atoms with E-state index in [4.69, 9.17) is 0 Å². The first-order valence-electron chi connectivity index (χ1n) is 5.66. The van der Waals surface area contributed by atoms with Crippen LogP contribution in [0.1, 0.15) is 9.67 Å². The molecule has 19 heavy (non-hydrogen) atoms. The fourth-order valence-corrected chi connectivity index (χ4v) is 3.28. The molecular weight excluding hydrogens is 326 g/mol. The van der Waals surface area contributed by atoms with Gasteiger partial charge in [0.2, 0.25) is 0 Å². The number of thiophene rings is 1. The van der Waals surface area contributed by atoms with Crippen LogP contribution in [0.2, 0.25) is 0 Å². The summed E-state index contributed by atoms with van der Waals surface area (Å²) in [6.07, 6.45) is 1.57. The van der Waals surface area contributed by atoms with Gasteiger partial charge in [0, 0.05) is 4.47 Å². The minimum atomic E-state index is -0.0379.